The van der Waals surface area contributed by atoms with Crippen LogP contribution in [0.1, 0.15) is 44.1 Å². The van der Waals surface area contributed by atoms with Gasteiger partial charge in [-0.05, 0) is 33.1 Å². The summed E-state index contributed by atoms with van der Waals surface area (Å²) in [5, 5.41) is 17.8. The Labute approximate surface area is 118 Å². The number of carbonyl (C=O) groups is 1. The lowest BCUT2D eigenvalue weighted by molar-refractivity contribution is -0.142. The number of rotatable bonds is 3. The molecule has 0 spiro atoms. The lowest BCUT2D eigenvalue weighted by Crippen LogP contribution is -2.30. The van der Waals surface area contributed by atoms with Crippen LogP contribution in [0.5, 0.6) is 0 Å². The summed E-state index contributed by atoms with van der Waals surface area (Å²) in [6, 6.07) is 0.896. The minimum absolute atomic E-state index is 0.276. The summed E-state index contributed by atoms with van der Waals surface area (Å²) in [6.45, 7) is 6.49. The Morgan fingerprint density at radius 2 is 2.20 bits per heavy atom. The van der Waals surface area contributed by atoms with Gasteiger partial charge in [-0.2, -0.15) is 0 Å². The van der Waals surface area contributed by atoms with Crippen molar-refractivity contribution in [3.8, 4) is 0 Å². The molecule has 1 N–H and O–H groups in total. The van der Waals surface area contributed by atoms with E-state index in [9.17, 15) is 9.90 Å². The van der Waals surface area contributed by atoms with Gasteiger partial charge in [-0.1, -0.05) is 5.21 Å². The number of carboxylic acids is 1. The molecule has 1 aromatic rings. The zero-order valence-electron chi connectivity index (χ0n) is 12.1. The first-order chi connectivity index (χ1) is 9.56. The second-order valence-electron chi connectivity index (χ2n) is 6.24. The molecule has 0 saturated carbocycles. The molecule has 1 aliphatic carbocycles. The van der Waals surface area contributed by atoms with E-state index in [0.29, 0.717) is 24.9 Å². The van der Waals surface area contributed by atoms with Crippen LogP contribution < -0.4 is 0 Å². The summed E-state index contributed by atoms with van der Waals surface area (Å²) in [5.74, 6) is -0.971. The van der Waals surface area contributed by atoms with Gasteiger partial charge in [0, 0.05) is 25.6 Å². The maximum Gasteiger partial charge on any atom is 0.306 e. The summed E-state index contributed by atoms with van der Waals surface area (Å²) in [7, 11) is 0. The van der Waals surface area contributed by atoms with Gasteiger partial charge in [0.15, 0.2) is 0 Å². The van der Waals surface area contributed by atoms with Gasteiger partial charge < -0.3 is 5.11 Å². The first-order valence-corrected chi connectivity index (χ1v) is 7.46. The van der Waals surface area contributed by atoms with E-state index < -0.39 is 5.97 Å². The predicted octanol–water partition coefficient (Wildman–Crippen LogP) is 1.12. The van der Waals surface area contributed by atoms with Crippen LogP contribution in [-0.2, 0) is 17.6 Å². The van der Waals surface area contributed by atoms with Gasteiger partial charge in [0.25, 0.3) is 0 Å². The summed E-state index contributed by atoms with van der Waals surface area (Å²) in [4.78, 5) is 13.6. The molecule has 2 aliphatic rings. The Kier molecular flexibility index (Phi) is 3.50. The smallest absolute Gasteiger partial charge is 0.306 e. The molecule has 1 saturated heterocycles. The van der Waals surface area contributed by atoms with Crippen LogP contribution in [0.2, 0.25) is 0 Å². The highest BCUT2D eigenvalue weighted by Gasteiger charge is 2.33. The van der Waals surface area contributed by atoms with Crippen molar-refractivity contribution in [2.75, 3.05) is 13.1 Å². The van der Waals surface area contributed by atoms with Crippen LogP contribution in [-0.4, -0.2) is 50.1 Å². The molecule has 0 unspecified atom stereocenters. The van der Waals surface area contributed by atoms with E-state index in [1.165, 1.54) is 0 Å². The average molecular weight is 278 g/mol. The van der Waals surface area contributed by atoms with Crippen LogP contribution >= 0.6 is 0 Å². The van der Waals surface area contributed by atoms with Crippen LogP contribution in [0.15, 0.2) is 0 Å². The van der Waals surface area contributed by atoms with Crippen LogP contribution in [0.25, 0.3) is 0 Å². The second kappa shape index (κ2) is 5.16. The van der Waals surface area contributed by atoms with Crippen molar-refractivity contribution in [3.05, 3.63) is 11.4 Å². The largest absolute Gasteiger partial charge is 0.481 e. The van der Waals surface area contributed by atoms with Crippen molar-refractivity contribution in [1.82, 2.24) is 19.9 Å². The molecule has 1 aliphatic heterocycles. The number of hydrogen-bond acceptors (Lipinski definition) is 4. The molecule has 1 fully saturated rings. The van der Waals surface area contributed by atoms with Crippen molar-refractivity contribution in [2.45, 2.75) is 51.6 Å². The molecule has 110 valence electrons. The molecule has 6 heteroatoms. The highest BCUT2D eigenvalue weighted by molar-refractivity contribution is 5.70. The quantitative estimate of drug-likeness (QED) is 0.897. The molecule has 0 amide bonds. The minimum Gasteiger partial charge on any atom is -0.481 e. The van der Waals surface area contributed by atoms with Crippen molar-refractivity contribution < 1.29 is 9.90 Å². The van der Waals surface area contributed by atoms with Crippen molar-refractivity contribution >= 4 is 5.97 Å². The van der Waals surface area contributed by atoms with E-state index in [4.69, 9.17) is 0 Å². The molecule has 2 heterocycles. The molecular formula is C14H22N4O2. The Morgan fingerprint density at radius 3 is 2.85 bits per heavy atom. The normalized spacial score (nSPS) is 26.9. The Balaban J connectivity index is 1.79. The van der Waals surface area contributed by atoms with Crippen LogP contribution in [0.4, 0.5) is 0 Å². The summed E-state index contributed by atoms with van der Waals surface area (Å²) >= 11 is 0. The SMILES string of the molecule is CC(C)N1CC[C@@H](n2nnc3c2C[C@H](C(=O)O)CC3)C1. The molecular weight excluding hydrogens is 256 g/mol. The zero-order valence-corrected chi connectivity index (χ0v) is 12.1. The van der Waals surface area contributed by atoms with Crippen molar-refractivity contribution in [1.29, 1.82) is 0 Å². The van der Waals surface area contributed by atoms with E-state index >= 15 is 0 Å². The zero-order chi connectivity index (χ0) is 14.3. The fourth-order valence-corrected chi connectivity index (χ4v) is 3.34. The fourth-order valence-electron chi connectivity index (χ4n) is 3.34. The van der Waals surface area contributed by atoms with Crippen molar-refractivity contribution in [2.24, 2.45) is 5.92 Å². The maximum atomic E-state index is 11.2. The highest BCUT2D eigenvalue weighted by atomic mass is 16.4. The molecule has 1 aromatic heterocycles. The number of aryl methyl sites for hydroxylation is 1. The van der Waals surface area contributed by atoms with Gasteiger partial charge in [0.1, 0.15) is 0 Å². The molecule has 0 radical (unpaired) electrons. The standard InChI is InChI=1S/C14H22N4O2/c1-9(2)17-6-5-11(8-17)18-13-7-10(14(19)20)3-4-12(13)15-16-18/h9-11H,3-8H2,1-2H3,(H,19,20)/t10-,11-/m1/s1. The first-order valence-electron chi connectivity index (χ1n) is 7.46. The Morgan fingerprint density at radius 1 is 1.40 bits per heavy atom. The minimum atomic E-state index is -0.696. The van der Waals surface area contributed by atoms with Gasteiger partial charge in [-0.25, -0.2) is 4.68 Å². The van der Waals surface area contributed by atoms with Crippen LogP contribution in [0, 0.1) is 5.92 Å². The van der Waals surface area contributed by atoms with Gasteiger partial charge in [-0.15, -0.1) is 5.10 Å². The van der Waals surface area contributed by atoms with E-state index in [2.05, 4.69) is 29.1 Å². The number of hydrogen-bond donors (Lipinski definition) is 1. The second-order valence-corrected chi connectivity index (χ2v) is 6.24. The summed E-state index contributed by atoms with van der Waals surface area (Å²) < 4.78 is 2.01. The molecule has 0 aromatic carbocycles. The average Bonchev–Trinajstić information content (AvgIpc) is 3.03. The maximum absolute atomic E-state index is 11.2. The third-order valence-electron chi connectivity index (χ3n) is 4.66. The van der Waals surface area contributed by atoms with Gasteiger partial charge >= 0.3 is 5.97 Å². The third kappa shape index (κ3) is 2.32. The Bertz CT molecular complexity index is 511. The van der Waals surface area contributed by atoms with E-state index in [0.717, 1.165) is 37.3 Å². The van der Waals surface area contributed by atoms with Gasteiger partial charge in [0.2, 0.25) is 0 Å². The number of nitrogens with zero attached hydrogens (tertiary/aromatic N) is 4. The molecule has 3 rings (SSSR count). The lowest BCUT2D eigenvalue weighted by Gasteiger charge is -2.22. The number of likely N-dealkylation sites (tertiary alicyclic amines) is 1. The number of aliphatic carboxylic acids is 1. The number of carboxylic acid groups (broad SMARTS) is 1. The Hall–Kier alpha value is -1.43. The monoisotopic (exact) mass is 278 g/mol. The van der Waals surface area contributed by atoms with E-state index in [-0.39, 0.29) is 5.92 Å². The topological polar surface area (TPSA) is 71.2 Å². The summed E-state index contributed by atoms with van der Waals surface area (Å²) in [6.07, 6.45) is 3.08. The lowest BCUT2D eigenvalue weighted by atomic mass is 9.89. The highest BCUT2D eigenvalue weighted by Crippen LogP contribution is 2.29. The van der Waals surface area contributed by atoms with Gasteiger partial charge in [-0.3, -0.25) is 9.69 Å². The van der Waals surface area contributed by atoms with Crippen molar-refractivity contribution in [3.63, 3.8) is 0 Å². The molecule has 20 heavy (non-hydrogen) atoms. The van der Waals surface area contributed by atoms with Gasteiger partial charge in [0.05, 0.1) is 23.3 Å². The van der Waals surface area contributed by atoms with E-state index in [1.54, 1.807) is 0 Å². The first kappa shape index (κ1) is 13.5. The molecule has 6 nitrogen and oxygen atoms in total. The van der Waals surface area contributed by atoms with E-state index in [1.807, 2.05) is 4.68 Å². The third-order valence-corrected chi connectivity index (χ3v) is 4.66. The van der Waals surface area contributed by atoms with Crippen LogP contribution in [0.3, 0.4) is 0 Å². The number of fused-ring (bicyclic) bond motifs is 1. The molecule has 2 atom stereocenters. The fraction of sp³-hybridized carbons (Fsp3) is 0.786. The molecule has 0 bridgehead atoms. The summed E-state index contributed by atoms with van der Waals surface area (Å²) in [5.41, 5.74) is 2.06. The number of aromatic nitrogens is 3. The predicted molar refractivity (Wildman–Crippen MR) is 73.5 cm³/mol.